The Morgan fingerprint density at radius 1 is 1.04 bits per heavy atom. The van der Waals surface area contributed by atoms with Crippen LogP contribution in [0.3, 0.4) is 0 Å². The maximum absolute atomic E-state index is 12.2. The highest BCUT2D eigenvalue weighted by Crippen LogP contribution is 2.24. The number of hydrogen-bond donors (Lipinski definition) is 1. The van der Waals surface area contributed by atoms with Crippen LogP contribution >= 0.6 is 0 Å². The first-order valence-corrected chi connectivity index (χ1v) is 7.38. The molecule has 0 saturated carbocycles. The minimum atomic E-state index is -0.322. The topological polar surface area (TPSA) is 82.6 Å². The largest absolute Gasteiger partial charge is 0.481 e. The van der Waals surface area contributed by atoms with E-state index in [1.807, 2.05) is 20.8 Å². The summed E-state index contributed by atoms with van der Waals surface area (Å²) in [4.78, 5) is 20.4. The number of carbonyl (C=O) groups excluding carboxylic acids is 1. The first-order chi connectivity index (χ1) is 11.3. The third kappa shape index (κ3) is 4.84. The molecule has 0 aliphatic rings. The molecule has 0 bridgehead atoms. The molecule has 0 fully saturated rings. The number of aromatic nitrogens is 2. The Labute approximate surface area is 141 Å². The zero-order valence-electron chi connectivity index (χ0n) is 14.4. The molecule has 128 valence electrons. The summed E-state index contributed by atoms with van der Waals surface area (Å²) < 4.78 is 15.8. The van der Waals surface area contributed by atoms with Crippen molar-refractivity contribution < 1.29 is 19.0 Å². The van der Waals surface area contributed by atoms with Gasteiger partial charge in [-0.2, -0.15) is 9.97 Å². The van der Waals surface area contributed by atoms with E-state index in [0.717, 1.165) is 0 Å². The SMILES string of the molecule is COc1cc(OC)nc(Oc2cccc(C(=O)NC(C)(C)C)c2)n1. The molecule has 0 saturated heterocycles. The van der Waals surface area contributed by atoms with Gasteiger partial charge in [0, 0.05) is 11.1 Å². The van der Waals surface area contributed by atoms with Gasteiger partial charge in [0.25, 0.3) is 5.91 Å². The van der Waals surface area contributed by atoms with Crippen LogP contribution in [-0.2, 0) is 0 Å². The van der Waals surface area contributed by atoms with E-state index in [9.17, 15) is 4.79 Å². The maximum Gasteiger partial charge on any atom is 0.328 e. The van der Waals surface area contributed by atoms with Crippen molar-refractivity contribution >= 4 is 5.91 Å². The number of methoxy groups -OCH3 is 2. The van der Waals surface area contributed by atoms with Crippen LogP contribution < -0.4 is 19.5 Å². The number of ether oxygens (including phenoxy) is 3. The van der Waals surface area contributed by atoms with Gasteiger partial charge in [0.15, 0.2) is 0 Å². The Morgan fingerprint density at radius 3 is 2.21 bits per heavy atom. The van der Waals surface area contributed by atoms with Crippen molar-refractivity contribution in [2.75, 3.05) is 14.2 Å². The number of benzene rings is 1. The van der Waals surface area contributed by atoms with E-state index < -0.39 is 0 Å². The molecule has 0 atom stereocenters. The first kappa shape index (κ1) is 17.5. The van der Waals surface area contributed by atoms with E-state index in [1.165, 1.54) is 14.2 Å². The zero-order chi connectivity index (χ0) is 17.7. The minimum Gasteiger partial charge on any atom is -0.481 e. The second-order valence-corrected chi connectivity index (χ2v) is 6.07. The van der Waals surface area contributed by atoms with Gasteiger partial charge in [-0.15, -0.1) is 0 Å². The highest BCUT2D eigenvalue weighted by atomic mass is 16.5. The summed E-state index contributed by atoms with van der Waals surface area (Å²) in [6.07, 6.45) is 0. The lowest BCUT2D eigenvalue weighted by atomic mass is 10.1. The molecule has 1 N–H and O–H groups in total. The molecule has 7 nitrogen and oxygen atoms in total. The number of hydrogen-bond acceptors (Lipinski definition) is 6. The second kappa shape index (κ2) is 7.16. The van der Waals surface area contributed by atoms with Gasteiger partial charge in [-0.25, -0.2) is 0 Å². The van der Waals surface area contributed by atoms with E-state index in [2.05, 4.69) is 15.3 Å². The van der Waals surface area contributed by atoms with E-state index in [4.69, 9.17) is 14.2 Å². The Kier molecular flexibility index (Phi) is 5.23. The number of rotatable bonds is 5. The summed E-state index contributed by atoms with van der Waals surface area (Å²) in [6.45, 7) is 5.75. The van der Waals surface area contributed by atoms with Crippen molar-refractivity contribution in [3.63, 3.8) is 0 Å². The lowest BCUT2D eigenvalue weighted by molar-refractivity contribution is 0.0919. The molecule has 1 aromatic carbocycles. The van der Waals surface area contributed by atoms with E-state index >= 15 is 0 Å². The van der Waals surface area contributed by atoms with Gasteiger partial charge >= 0.3 is 6.01 Å². The maximum atomic E-state index is 12.2. The molecule has 1 amide bonds. The van der Waals surface area contributed by atoms with E-state index in [0.29, 0.717) is 23.1 Å². The van der Waals surface area contributed by atoms with Crippen LogP contribution in [0.1, 0.15) is 31.1 Å². The van der Waals surface area contributed by atoms with Crippen molar-refractivity contribution in [2.45, 2.75) is 26.3 Å². The van der Waals surface area contributed by atoms with Crippen LogP contribution in [0.5, 0.6) is 23.5 Å². The monoisotopic (exact) mass is 331 g/mol. The van der Waals surface area contributed by atoms with Gasteiger partial charge < -0.3 is 19.5 Å². The van der Waals surface area contributed by atoms with Crippen LogP contribution in [0, 0.1) is 0 Å². The molecule has 1 aromatic heterocycles. The quantitative estimate of drug-likeness (QED) is 0.907. The van der Waals surface area contributed by atoms with Gasteiger partial charge in [-0.05, 0) is 39.0 Å². The van der Waals surface area contributed by atoms with Crippen LogP contribution in [0.25, 0.3) is 0 Å². The van der Waals surface area contributed by atoms with E-state index in [1.54, 1.807) is 30.3 Å². The highest BCUT2D eigenvalue weighted by Gasteiger charge is 2.16. The summed E-state index contributed by atoms with van der Waals surface area (Å²) in [7, 11) is 2.98. The fraction of sp³-hybridized carbons (Fsp3) is 0.353. The molecular weight excluding hydrogens is 310 g/mol. The number of nitrogens with one attached hydrogen (secondary N) is 1. The van der Waals surface area contributed by atoms with Gasteiger partial charge in [0.05, 0.1) is 20.3 Å². The summed E-state index contributed by atoms with van der Waals surface area (Å²) in [5.74, 6) is 0.890. The molecule has 0 unspecified atom stereocenters. The summed E-state index contributed by atoms with van der Waals surface area (Å²) in [5.41, 5.74) is 0.161. The summed E-state index contributed by atoms with van der Waals surface area (Å²) >= 11 is 0. The Hall–Kier alpha value is -2.83. The summed E-state index contributed by atoms with van der Waals surface area (Å²) in [5, 5.41) is 2.90. The lowest BCUT2D eigenvalue weighted by Crippen LogP contribution is -2.40. The average Bonchev–Trinajstić information content (AvgIpc) is 2.53. The third-order valence-corrected chi connectivity index (χ3v) is 2.87. The standard InChI is InChI=1S/C17H21N3O4/c1-17(2,3)20-15(21)11-7-6-8-12(9-11)24-16-18-13(22-4)10-14(19-16)23-5/h6-10H,1-5H3,(H,20,21). The van der Waals surface area contributed by atoms with Gasteiger partial charge in [-0.3, -0.25) is 4.79 Å². The van der Waals surface area contributed by atoms with Gasteiger partial charge in [-0.1, -0.05) is 6.07 Å². The molecular formula is C17H21N3O4. The Bertz CT molecular complexity index is 704. The highest BCUT2D eigenvalue weighted by molar-refractivity contribution is 5.95. The number of carbonyl (C=O) groups is 1. The third-order valence-electron chi connectivity index (χ3n) is 2.87. The summed E-state index contributed by atoms with van der Waals surface area (Å²) in [6, 6.07) is 8.38. The van der Waals surface area contributed by atoms with Crippen molar-refractivity contribution in [3.8, 4) is 23.5 Å². The molecule has 2 aromatic rings. The lowest BCUT2D eigenvalue weighted by Gasteiger charge is -2.20. The van der Waals surface area contributed by atoms with Gasteiger partial charge in [0.1, 0.15) is 5.75 Å². The second-order valence-electron chi connectivity index (χ2n) is 6.07. The van der Waals surface area contributed by atoms with Crippen LogP contribution in [0.15, 0.2) is 30.3 Å². The Balaban J connectivity index is 2.22. The van der Waals surface area contributed by atoms with Crippen molar-refractivity contribution in [2.24, 2.45) is 0 Å². The molecule has 7 heteroatoms. The molecule has 0 aliphatic carbocycles. The molecule has 2 rings (SSSR count). The first-order valence-electron chi connectivity index (χ1n) is 7.38. The zero-order valence-corrected chi connectivity index (χ0v) is 14.4. The predicted octanol–water partition coefficient (Wildman–Crippen LogP) is 2.81. The van der Waals surface area contributed by atoms with Crippen LogP contribution in [-0.4, -0.2) is 35.6 Å². The normalized spacial score (nSPS) is 10.9. The molecule has 0 radical (unpaired) electrons. The van der Waals surface area contributed by atoms with Crippen molar-refractivity contribution in [1.82, 2.24) is 15.3 Å². The number of nitrogens with zero attached hydrogens (tertiary/aromatic N) is 2. The smallest absolute Gasteiger partial charge is 0.328 e. The van der Waals surface area contributed by atoms with E-state index in [-0.39, 0.29) is 17.5 Å². The van der Waals surface area contributed by atoms with Gasteiger partial charge in [0.2, 0.25) is 11.8 Å². The predicted molar refractivity (Wildman–Crippen MR) is 88.9 cm³/mol. The van der Waals surface area contributed by atoms with Crippen LogP contribution in [0.4, 0.5) is 0 Å². The van der Waals surface area contributed by atoms with Crippen LogP contribution in [0.2, 0.25) is 0 Å². The van der Waals surface area contributed by atoms with Crippen molar-refractivity contribution in [1.29, 1.82) is 0 Å². The molecule has 1 heterocycles. The average molecular weight is 331 g/mol. The molecule has 24 heavy (non-hydrogen) atoms. The minimum absolute atomic E-state index is 0.0691. The fourth-order valence-electron chi connectivity index (χ4n) is 1.86. The fourth-order valence-corrected chi connectivity index (χ4v) is 1.86. The Morgan fingerprint density at radius 2 is 1.67 bits per heavy atom. The molecule has 0 spiro atoms. The van der Waals surface area contributed by atoms with Crippen molar-refractivity contribution in [3.05, 3.63) is 35.9 Å². The number of amides is 1. The molecule has 0 aliphatic heterocycles.